The van der Waals surface area contributed by atoms with Gasteiger partial charge in [-0.2, -0.15) is 0 Å². The molecule has 1 aliphatic heterocycles. The van der Waals surface area contributed by atoms with Crippen molar-refractivity contribution < 1.29 is 13.6 Å². The SMILES string of the molecule is O=C1CC(c2cc(F)cc(F)c2)Sc2ccccc2N1. The highest BCUT2D eigenvalue weighted by Crippen LogP contribution is 2.43. The average Bonchev–Trinajstić information content (AvgIpc) is 2.55. The Morgan fingerprint density at radius 1 is 1.10 bits per heavy atom. The van der Waals surface area contributed by atoms with E-state index in [-0.39, 0.29) is 17.6 Å². The smallest absolute Gasteiger partial charge is 0.225 e. The molecule has 0 aromatic heterocycles. The van der Waals surface area contributed by atoms with Gasteiger partial charge in [0.05, 0.1) is 5.69 Å². The monoisotopic (exact) mass is 291 g/mol. The van der Waals surface area contributed by atoms with Crippen LogP contribution in [0.2, 0.25) is 0 Å². The van der Waals surface area contributed by atoms with Crippen molar-refractivity contribution >= 4 is 23.4 Å². The van der Waals surface area contributed by atoms with Crippen LogP contribution in [0.25, 0.3) is 0 Å². The Balaban J connectivity index is 2.00. The van der Waals surface area contributed by atoms with Crippen molar-refractivity contribution in [3.05, 3.63) is 59.7 Å². The zero-order valence-electron chi connectivity index (χ0n) is 10.4. The van der Waals surface area contributed by atoms with Crippen molar-refractivity contribution in [1.82, 2.24) is 0 Å². The highest BCUT2D eigenvalue weighted by molar-refractivity contribution is 7.99. The Kier molecular flexibility index (Phi) is 3.44. The van der Waals surface area contributed by atoms with Crippen molar-refractivity contribution in [2.45, 2.75) is 16.6 Å². The number of thioether (sulfide) groups is 1. The van der Waals surface area contributed by atoms with Crippen molar-refractivity contribution in [3.8, 4) is 0 Å². The number of amides is 1. The minimum Gasteiger partial charge on any atom is -0.325 e. The number of carbonyl (C=O) groups excluding carboxylic acids is 1. The molecular formula is C15H11F2NOS. The number of rotatable bonds is 1. The summed E-state index contributed by atoms with van der Waals surface area (Å²) in [5.74, 6) is -1.41. The molecule has 0 saturated carbocycles. The first-order chi connectivity index (χ1) is 9.61. The Labute approximate surface area is 119 Å². The molecule has 1 atom stereocenters. The van der Waals surface area contributed by atoms with E-state index < -0.39 is 11.6 Å². The molecule has 1 heterocycles. The zero-order chi connectivity index (χ0) is 14.1. The molecule has 1 N–H and O–H groups in total. The molecule has 0 saturated heterocycles. The molecule has 3 rings (SSSR count). The third kappa shape index (κ3) is 2.67. The molecule has 0 spiro atoms. The maximum Gasteiger partial charge on any atom is 0.225 e. The highest BCUT2D eigenvalue weighted by atomic mass is 32.2. The van der Waals surface area contributed by atoms with Gasteiger partial charge in [0.1, 0.15) is 11.6 Å². The molecule has 2 nitrogen and oxygen atoms in total. The van der Waals surface area contributed by atoms with Crippen LogP contribution in [0.1, 0.15) is 17.2 Å². The van der Waals surface area contributed by atoms with Gasteiger partial charge in [0, 0.05) is 22.6 Å². The van der Waals surface area contributed by atoms with Crippen molar-refractivity contribution in [3.63, 3.8) is 0 Å². The first-order valence-electron chi connectivity index (χ1n) is 6.13. The molecule has 2 aromatic rings. The third-order valence-electron chi connectivity index (χ3n) is 3.06. The second-order valence-corrected chi connectivity index (χ2v) is 5.80. The van der Waals surface area contributed by atoms with E-state index in [4.69, 9.17) is 0 Å². The van der Waals surface area contributed by atoms with Crippen LogP contribution >= 0.6 is 11.8 Å². The van der Waals surface area contributed by atoms with Crippen LogP contribution in [0.15, 0.2) is 47.4 Å². The van der Waals surface area contributed by atoms with Gasteiger partial charge in [-0.05, 0) is 29.8 Å². The number of hydrogen-bond acceptors (Lipinski definition) is 2. The molecule has 1 aliphatic rings. The number of benzene rings is 2. The molecule has 1 unspecified atom stereocenters. The summed E-state index contributed by atoms with van der Waals surface area (Å²) in [6.07, 6.45) is 0.183. The van der Waals surface area contributed by atoms with Gasteiger partial charge in [-0.25, -0.2) is 8.78 Å². The summed E-state index contributed by atoms with van der Waals surface area (Å²) in [5.41, 5.74) is 1.22. The lowest BCUT2D eigenvalue weighted by atomic mass is 10.1. The quantitative estimate of drug-likeness (QED) is 0.855. The van der Waals surface area contributed by atoms with Crippen LogP contribution in [-0.4, -0.2) is 5.91 Å². The van der Waals surface area contributed by atoms with Crippen molar-refractivity contribution in [1.29, 1.82) is 0 Å². The average molecular weight is 291 g/mol. The fourth-order valence-corrected chi connectivity index (χ4v) is 3.40. The van der Waals surface area contributed by atoms with Gasteiger partial charge in [-0.3, -0.25) is 4.79 Å². The van der Waals surface area contributed by atoms with Gasteiger partial charge in [0.25, 0.3) is 0 Å². The first-order valence-corrected chi connectivity index (χ1v) is 7.01. The summed E-state index contributed by atoms with van der Waals surface area (Å²) in [6.45, 7) is 0. The van der Waals surface area contributed by atoms with Crippen molar-refractivity contribution in [2.75, 3.05) is 5.32 Å². The van der Waals surface area contributed by atoms with Crippen molar-refractivity contribution in [2.24, 2.45) is 0 Å². The summed E-state index contributed by atoms with van der Waals surface area (Å²) in [6, 6.07) is 10.8. The Morgan fingerprint density at radius 2 is 1.80 bits per heavy atom. The summed E-state index contributed by atoms with van der Waals surface area (Å²) in [7, 11) is 0. The summed E-state index contributed by atoms with van der Waals surface area (Å²) in [4.78, 5) is 12.8. The van der Waals surface area contributed by atoms with Crippen LogP contribution in [-0.2, 0) is 4.79 Å². The second kappa shape index (κ2) is 5.25. The van der Waals surface area contributed by atoms with E-state index >= 15 is 0 Å². The number of fused-ring (bicyclic) bond motifs is 1. The Bertz CT molecular complexity index is 654. The van der Waals surface area contributed by atoms with E-state index in [1.807, 2.05) is 24.3 Å². The Morgan fingerprint density at radius 3 is 2.55 bits per heavy atom. The third-order valence-corrected chi connectivity index (χ3v) is 4.39. The van der Waals surface area contributed by atoms with Crippen LogP contribution in [0.4, 0.5) is 14.5 Å². The fraction of sp³-hybridized carbons (Fsp3) is 0.133. The van der Waals surface area contributed by atoms with E-state index in [1.54, 1.807) is 0 Å². The minimum atomic E-state index is -0.626. The maximum atomic E-state index is 13.3. The highest BCUT2D eigenvalue weighted by Gasteiger charge is 2.24. The largest absolute Gasteiger partial charge is 0.325 e. The van der Waals surface area contributed by atoms with Gasteiger partial charge in [0.2, 0.25) is 5.91 Å². The van der Waals surface area contributed by atoms with E-state index in [9.17, 15) is 13.6 Å². The minimum absolute atomic E-state index is 0.155. The van der Waals surface area contributed by atoms with Gasteiger partial charge in [0.15, 0.2) is 0 Å². The molecule has 20 heavy (non-hydrogen) atoms. The molecule has 0 bridgehead atoms. The predicted octanol–water partition coefficient (Wildman–Crippen LogP) is 4.14. The Hall–Kier alpha value is -1.88. The van der Waals surface area contributed by atoms with Crippen LogP contribution in [0.5, 0.6) is 0 Å². The lowest BCUT2D eigenvalue weighted by Gasteiger charge is -2.13. The predicted molar refractivity (Wildman–Crippen MR) is 74.6 cm³/mol. The normalized spacial score (nSPS) is 18.1. The second-order valence-electron chi connectivity index (χ2n) is 4.56. The van der Waals surface area contributed by atoms with E-state index in [0.29, 0.717) is 5.56 Å². The summed E-state index contributed by atoms with van der Waals surface area (Å²) < 4.78 is 26.7. The van der Waals surface area contributed by atoms with E-state index in [0.717, 1.165) is 16.6 Å². The molecule has 1 amide bonds. The van der Waals surface area contributed by atoms with Gasteiger partial charge in [-0.15, -0.1) is 11.8 Å². The van der Waals surface area contributed by atoms with E-state index in [1.165, 1.54) is 23.9 Å². The van der Waals surface area contributed by atoms with E-state index in [2.05, 4.69) is 5.32 Å². The first kappa shape index (κ1) is 13.1. The standard InChI is InChI=1S/C15H11F2NOS/c16-10-5-9(6-11(17)7-10)14-8-15(19)18-12-3-1-2-4-13(12)20-14/h1-7,14H,8H2,(H,18,19). The number of halogens is 2. The number of carbonyl (C=O) groups is 1. The number of anilines is 1. The van der Waals surface area contributed by atoms with Gasteiger partial charge < -0.3 is 5.32 Å². The van der Waals surface area contributed by atoms with Crippen LogP contribution in [0.3, 0.4) is 0 Å². The number of nitrogens with one attached hydrogen (secondary N) is 1. The molecule has 102 valence electrons. The zero-order valence-corrected chi connectivity index (χ0v) is 11.2. The molecule has 0 radical (unpaired) electrons. The number of para-hydroxylation sites is 1. The van der Waals surface area contributed by atoms with Gasteiger partial charge >= 0.3 is 0 Å². The maximum absolute atomic E-state index is 13.3. The lowest BCUT2D eigenvalue weighted by Crippen LogP contribution is -2.12. The van der Waals surface area contributed by atoms with Gasteiger partial charge in [-0.1, -0.05) is 12.1 Å². The molecular weight excluding hydrogens is 280 g/mol. The molecule has 5 heteroatoms. The summed E-state index contributed by atoms with van der Waals surface area (Å²) >= 11 is 1.44. The fourth-order valence-electron chi connectivity index (χ4n) is 2.18. The molecule has 0 aliphatic carbocycles. The lowest BCUT2D eigenvalue weighted by molar-refractivity contribution is -0.116. The molecule has 0 fully saturated rings. The topological polar surface area (TPSA) is 29.1 Å². The number of hydrogen-bond donors (Lipinski definition) is 1. The van der Waals surface area contributed by atoms with Crippen LogP contribution < -0.4 is 5.32 Å². The molecule has 2 aromatic carbocycles. The van der Waals surface area contributed by atoms with Crippen LogP contribution in [0, 0.1) is 11.6 Å². The summed E-state index contributed by atoms with van der Waals surface area (Å²) in [5, 5.41) is 2.50.